The summed E-state index contributed by atoms with van der Waals surface area (Å²) in [5.41, 5.74) is 7.27. The second-order valence-corrected chi connectivity index (χ2v) is 4.51. The molecule has 1 aliphatic heterocycles. The molecule has 1 aromatic rings. The van der Waals surface area contributed by atoms with Gasteiger partial charge in [-0.05, 0) is 30.9 Å². The fourth-order valence-electron chi connectivity index (χ4n) is 2.24. The first-order valence-corrected chi connectivity index (χ1v) is 5.72. The van der Waals surface area contributed by atoms with E-state index in [-0.39, 0.29) is 5.54 Å². The highest BCUT2D eigenvalue weighted by molar-refractivity contribution is 5.34. The molecule has 0 saturated carbocycles. The third kappa shape index (κ3) is 2.54. The van der Waals surface area contributed by atoms with Crippen molar-refractivity contribution in [3.63, 3.8) is 0 Å². The molecule has 1 heterocycles. The van der Waals surface area contributed by atoms with Gasteiger partial charge in [0, 0.05) is 12.1 Å². The molecule has 0 aromatic heterocycles. The smallest absolute Gasteiger partial charge is 0.122 e. The Balaban J connectivity index is 2.12. The number of rotatable bonds is 3. The zero-order valence-electron chi connectivity index (χ0n) is 9.74. The molecule has 0 radical (unpaired) electrons. The van der Waals surface area contributed by atoms with E-state index < -0.39 is 0 Å². The van der Waals surface area contributed by atoms with Crippen LogP contribution in [-0.2, 0) is 11.2 Å². The van der Waals surface area contributed by atoms with Gasteiger partial charge in [0.15, 0.2) is 0 Å². The molecule has 0 bridgehead atoms. The lowest BCUT2D eigenvalue weighted by Gasteiger charge is -2.33. The second kappa shape index (κ2) is 4.85. The van der Waals surface area contributed by atoms with Gasteiger partial charge in [-0.2, -0.15) is 0 Å². The molecule has 1 aliphatic rings. The lowest BCUT2D eigenvalue weighted by atomic mass is 9.86. The van der Waals surface area contributed by atoms with Gasteiger partial charge in [0.1, 0.15) is 5.75 Å². The summed E-state index contributed by atoms with van der Waals surface area (Å²) in [6.45, 7) is 1.48. The molecule has 2 N–H and O–H groups in total. The van der Waals surface area contributed by atoms with Crippen LogP contribution in [0.5, 0.6) is 5.75 Å². The van der Waals surface area contributed by atoms with E-state index in [2.05, 4.69) is 6.07 Å². The topological polar surface area (TPSA) is 44.5 Å². The molecule has 3 heteroatoms. The van der Waals surface area contributed by atoms with E-state index in [0.717, 1.165) is 37.2 Å². The van der Waals surface area contributed by atoms with Crippen molar-refractivity contribution in [2.24, 2.45) is 5.73 Å². The zero-order chi connectivity index (χ0) is 11.4. The summed E-state index contributed by atoms with van der Waals surface area (Å²) in [5.74, 6) is 0.915. The Morgan fingerprint density at radius 3 is 2.94 bits per heavy atom. The lowest BCUT2D eigenvalue weighted by Crippen LogP contribution is -2.49. The summed E-state index contributed by atoms with van der Waals surface area (Å²) in [6.07, 6.45) is 2.88. The Hall–Kier alpha value is -1.06. The van der Waals surface area contributed by atoms with Crippen molar-refractivity contribution < 1.29 is 9.47 Å². The van der Waals surface area contributed by atoms with E-state index in [9.17, 15) is 0 Å². The molecule has 0 spiro atoms. The SMILES string of the molecule is COc1ccccc1CC1(N)CCCOC1. The number of ether oxygens (including phenoxy) is 2. The minimum atomic E-state index is -0.229. The Bertz CT molecular complexity index is 346. The van der Waals surface area contributed by atoms with Crippen molar-refractivity contribution in [1.82, 2.24) is 0 Å². The number of hydrogen-bond acceptors (Lipinski definition) is 3. The van der Waals surface area contributed by atoms with Crippen molar-refractivity contribution in [2.45, 2.75) is 24.8 Å². The van der Waals surface area contributed by atoms with Crippen LogP contribution in [0.1, 0.15) is 18.4 Å². The van der Waals surface area contributed by atoms with Crippen LogP contribution < -0.4 is 10.5 Å². The monoisotopic (exact) mass is 221 g/mol. The normalized spacial score (nSPS) is 25.4. The first kappa shape index (κ1) is 11.4. The summed E-state index contributed by atoms with van der Waals surface area (Å²) in [7, 11) is 1.69. The molecule has 16 heavy (non-hydrogen) atoms. The maximum Gasteiger partial charge on any atom is 0.122 e. The number of benzene rings is 1. The summed E-state index contributed by atoms with van der Waals surface area (Å²) >= 11 is 0. The van der Waals surface area contributed by atoms with Gasteiger partial charge in [-0.3, -0.25) is 0 Å². The molecule has 2 rings (SSSR count). The quantitative estimate of drug-likeness (QED) is 0.845. The first-order valence-electron chi connectivity index (χ1n) is 5.72. The van der Waals surface area contributed by atoms with Gasteiger partial charge in [0.2, 0.25) is 0 Å². The average molecular weight is 221 g/mol. The summed E-state index contributed by atoms with van der Waals surface area (Å²) in [4.78, 5) is 0. The van der Waals surface area contributed by atoms with Crippen LogP contribution in [0.15, 0.2) is 24.3 Å². The van der Waals surface area contributed by atoms with Gasteiger partial charge >= 0.3 is 0 Å². The van der Waals surface area contributed by atoms with E-state index in [1.54, 1.807) is 7.11 Å². The molecule has 0 aliphatic carbocycles. The Morgan fingerprint density at radius 1 is 1.44 bits per heavy atom. The second-order valence-electron chi connectivity index (χ2n) is 4.51. The van der Waals surface area contributed by atoms with Crippen LogP contribution in [0.3, 0.4) is 0 Å². The number of methoxy groups -OCH3 is 1. The molecule has 1 atom stereocenters. The van der Waals surface area contributed by atoms with Crippen molar-refractivity contribution in [2.75, 3.05) is 20.3 Å². The van der Waals surface area contributed by atoms with Crippen molar-refractivity contribution in [3.05, 3.63) is 29.8 Å². The third-order valence-corrected chi connectivity index (χ3v) is 3.09. The largest absolute Gasteiger partial charge is 0.496 e. The summed E-state index contributed by atoms with van der Waals surface area (Å²) in [5, 5.41) is 0. The average Bonchev–Trinajstić information content (AvgIpc) is 2.30. The Labute approximate surface area is 96.5 Å². The van der Waals surface area contributed by atoms with Crippen LogP contribution in [0.2, 0.25) is 0 Å². The first-order chi connectivity index (χ1) is 7.73. The van der Waals surface area contributed by atoms with Gasteiger partial charge in [0.25, 0.3) is 0 Å². The number of hydrogen-bond donors (Lipinski definition) is 1. The zero-order valence-corrected chi connectivity index (χ0v) is 9.74. The molecule has 1 fully saturated rings. The fourth-order valence-corrected chi connectivity index (χ4v) is 2.24. The number of para-hydroxylation sites is 1. The van der Waals surface area contributed by atoms with E-state index in [1.807, 2.05) is 18.2 Å². The maximum absolute atomic E-state index is 6.33. The summed E-state index contributed by atoms with van der Waals surface area (Å²) < 4.78 is 10.8. The Morgan fingerprint density at radius 2 is 2.25 bits per heavy atom. The standard InChI is InChI=1S/C13H19NO2/c1-15-12-6-3-2-5-11(12)9-13(14)7-4-8-16-10-13/h2-3,5-6H,4,7-10,14H2,1H3. The highest BCUT2D eigenvalue weighted by atomic mass is 16.5. The molecule has 1 aromatic carbocycles. The van der Waals surface area contributed by atoms with E-state index in [4.69, 9.17) is 15.2 Å². The van der Waals surface area contributed by atoms with Gasteiger partial charge < -0.3 is 15.2 Å². The van der Waals surface area contributed by atoms with Crippen LogP contribution in [0.25, 0.3) is 0 Å². The van der Waals surface area contributed by atoms with Crippen molar-refractivity contribution >= 4 is 0 Å². The molecular formula is C13H19NO2. The van der Waals surface area contributed by atoms with E-state index in [1.165, 1.54) is 0 Å². The van der Waals surface area contributed by atoms with Crippen LogP contribution in [0.4, 0.5) is 0 Å². The fraction of sp³-hybridized carbons (Fsp3) is 0.538. The van der Waals surface area contributed by atoms with Gasteiger partial charge in [-0.15, -0.1) is 0 Å². The van der Waals surface area contributed by atoms with Crippen LogP contribution in [0, 0.1) is 0 Å². The van der Waals surface area contributed by atoms with Gasteiger partial charge in [-0.1, -0.05) is 18.2 Å². The minimum Gasteiger partial charge on any atom is -0.496 e. The lowest BCUT2D eigenvalue weighted by molar-refractivity contribution is 0.0380. The van der Waals surface area contributed by atoms with E-state index in [0.29, 0.717) is 6.61 Å². The van der Waals surface area contributed by atoms with E-state index >= 15 is 0 Å². The molecule has 1 unspecified atom stereocenters. The molecule has 1 saturated heterocycles. The Kier molecular flexibility index (Phi) is 3.46. The van der Waals surface area contributed by atoms with Crippen LogP contribution in [-0.4, -0.2) is 25.9 Å². The van der Waals surface area contributed by atoms with Crippen LogP contribution >= 0.6 is 0 Å². The molecule has 0 amide bonds. The highest BCUT2D eigenvalue weighted by Gasteiger charge is 2.29. The predicted molar refractivity (Wildman–Crippen MR) is 63.7 cm³/mol. The van der Waals surface area contributed by atoms with Gasteiger partial charge in [-0.25, -0.2) is 0 Å². The molecule has 88 valence electrons. The number of nitrogens with two attached hydrogens (primary N) is 1. The predicted octanol–water partition coefficient (Wildman–Crippen LogP) is 1.75. The van der Waals surface area contributed by atoms with Gasteiger partial charge in [0.05, 0.1) is 13.7 Å². The minimum absolute atomic E-state index is 0.229. The highest BCUT2D eigenvalue weighted by Crippen LogP contribution is 2.26. The molecule has 3 nitrogen and oxygen atoms in total. The van der Waals surface area contributed by atoms with Crippen molar-refractivity contribution in [1.29, 1.82) is 0 Å². The van der Waals surface area contributed by atoms with Crippen molar-refractivity contribution in [3.8, 4) is 5.75 Å². The summed E-state index contributed by atoms with van der Waals surface area (Å²) in [6, 6.07) is 8.04. The third-order valence-electron chi connectivity index (χ3n) is 3.09. The molecular weight excluding hydrogens is 202 g/mol. The maximum atomic E-state index is 6.33.